The molecule has 26 heavy (non-hydrogen) atoms. The molecule has 2 aromatic carbocycles. The van der Waals surface area contributed by atoms with Crippen molar-refractivity contribution in [2.24, 2.45) is 5.10 Å². The molecule has 0 heterocycles. The summed E-state index contributed by atoms with van der Waals surface area (Å²) in [6.07, 6.45) is 1.13. The van der Waals surface area contributed by atoms with Gasteiger partial charge in [-0.25, -0.2) is 5.43 Å². The SMILES string of the molecule is COc1ccc(O)c(/C=N\NC(=O)c2cc([N+](=O)[O-])cc([N+](=O)[O-])c2)c1. The van der Waals surface area contributed by atoms with Crippen LogP contribution in [0.25, 0.3) is 0 Å². The first-order valence-corrected chi connectivity index (χ1v) is 6.96. The number of phenols is 1. The van der Waals surface area contributed by atoms with Crippen molar-refractivity contribution in [1.82, 2.24) is 5.43 Å². The largest absolute Gasteiger partial charge is 0.507 e. The zero-order valence-electron chi connectivity index (χ0n) is 13.3. The summed E-state index contributed by atoms with van der Waals surface area (Å²) in [5.41, 5.74) is 0.819. The Kier molecular flexibility index (Phi) is 5.43. The molecule has 0 spiro atoms. The fourth-order valence-corrected chi connectivity index (χ4v) is 1.93. The lowest BCUT2D eigenvalue weighted by atomic mass is 10.1. The number of amides is 1. The highest BCUT2D eigenvalue weighted by Gasteiger charge is 2.19. The zero-order valence-corrected chi connectivity index (χ0v) is 13.3. The summed E-state index contributed by atoms with van der Waals surface area (Å²) in [7, 11) is 1.43. The van der Waals surface area contributed by atoms with Crippen LogP contribution in [0, 0.1) is 20.2 Å². The van der Waals surface area contributed by atoms with Crippen LogP contribution in [0.2, 0.25) is 0 Å². The molecule has 2 aromatic rings. The number of non-ortho nitro benzene ring substituents is 2. The van der Waals surface area contributed by atoms with Crippen LogP contribution >= 0.6 is 0 Å². The zero-order chi connectivity index (χ0) is 19.3. The van der Waals surface area contributed by atoms with E-state index in [4.69, 9.17) is 4.74 Å². The van der Waals surface area contributed by atoms with Crippen molar-refractivity contribution in [2.75, 3.05) is 7.11 Å². The molecule has 0 aromatic heterocycles. The summed E-state index contributed by atoms with van der Waals surface area (Å²) in [5.74, 6) is -0.560. The lowest BCUT2D eigenvalue weighted by Crippen LogP contribution is -2.18. The van der Waals surface area contributed by atoms with Gasteiger partial charge in [-0.05, 0) is 18.2 Å². The molecule has 2 N–H and O–H groups in total. The summed E-state index contributed by atoms with van der Waals surface area (Å²) >= 11 is 0. The Labute approximate surface area is 145 Å². The van der Waals surface area contributed by atoms with Gasteiger partial charge in [-0.15, -0.1) is 0 Å². The molecular weight excluding hydrogens is 348 g/mol. The lowest BCUT2D eigenvalue weighted by molar-refractivity contribution is -0.394. The number of aromatic hydroxyl groups is 1. The monoisotopic (exact) mass is 360 g/mol. The molecule has 2 rings (SSSR count). The fraction of sp³-hybridized carbons (Fsp3) is 0.0667. The number of carbonyl (C=O) groups excluding carboxylic acids is 1. The van der Waals surface area contributed by atoms with Gasteiger partial charge in [-0.2, -0.15) is 5.10 Å². The van der Waals surface area contributed by atoms with Gasteiger partial charge in [0.15, 0.2) is 0 Å². The molecule has 11 nitrogen and oxygen atoms in total. The van der Waals surface area contributed by atoms with Crippen molar-refractivity contribution in [1.29, 1.82) is 0 Å². The van der Waals surface area contributed by atoms with E-state index in [0.29, 0.717) is 5.75 Å². The third-order valence-electron chi connectivity index (χ3n) is 3.19. The molecule has 0 bridgehead atoms. The summed E-state index contributed by atoms with van der Waals surface area (Å²) < 4.78 is 4.99. The Balaban J connectivity index is 2.22. The normalized spacial score (nSPS) is 10.5. The van der Waals surface area contributed by atoms with E-state index in [1.807, 2.05) is 0 Å². The number of nitro groups is 2. The Bertz CT molecular complexity index is 879. The Morgan fingerprint density at radius 3 is 2.31 bits per heavy atom. The van der Waals surface area contributed by atoms with Crippen molar-refractivity contribution in [3.8, 4) is 11.5 Å². The lowest BCUT2D eigenvalue weighted by Gasteiger charge is -2.03. The van der Waals surface area contributed by atoms with Crippen LogP contribution in [0.15, 0.2) is 41.5 Å². The van der Waals surface area contributed by atoms with Crippen molar-refractivity contribution in [3.05, 3.63) is 67.8 Å². The maximum Gasteiger partial charge on any atom is 0.277 e. The summed E-state index contributed by atoms with van der Waals surface area (Å²) in [6.45, 7) is 0. The number of hydrazone groups is 1. The summed E-state index contributed by atoms with van der Waals surface area (Å²) in [5, 5.41) is 35.0. The number of phenolic OH excluding ortho intramolecular Hbond substituents is 1. The van der Waals surface area contributed by atoms with Crippen LogP contribution in [-0.4, -0.2) is 34.2 Å². The van der Waals surface area contributed by atoms with Crippen LogP contribution in [0.4, 0.5) is 11.4 Å². The molecule has 0 aliphatic heterocycles. The molecule has 0 atom stereocenters. The average molecular weight is 360 g/mol. The highest BCUT2D eigenvalue weighted by atomic mass is 16.6. The van der Waals surface area contributed by atoms with Crippen LogP contribution in [0.5, 0.6) is 11.5 Å². The van der Waals surface area contributed by atoms with Gasteiger partial charge in [0, 0.05) is 17.7 Å². The van der Waals surface area contributed by atoms with Crippen molar-refractivity contribution >= 4 is 23.5 Å². The molecule has 0 radical (unpaired) electrons. The second-order valence-electron chi connectivity index (χ2n) is 4.88. The van der Waals surface area contributed by atoms with Crippen molar-refractivity contribution in [2.45, 2.75) is 0 Å². The first-order chi connectivity index (χ1) is 12.3. The van der Waals surface area contributed by atoms with E-state index in [-0.39, 0.29) is 16.9 Å². The topological polar surface area (TPSA) is 157 Å². The van der Waals surface area contributed by atoms with Gasteiger partial charge in [0.05, 0.1) is 34.8 Å². The number of nitrogens with one attached hydrogen (secondary N) is 1. The Morgan fingerprint density at radius 2 is 1.77 bits per heavy atom. The van der Waals surface area contributed by atoms with Gasteiger partial charge in [0.1, 0.15) is 11.5 Å². The van der Waals surface area contributed by atoms with Gasteiger partial charge in [0.2, 0.25) is 0 Å². The van der Waals surface area contributed by atoms with E-state index >= 15 is 0 Å². The number of carbonyl (C=O) groups is 1. The Hall–Kier alpha value is -4.02. The predicted octanol–water partition coefficient (Wildman–Crippen LogP) is 1.98. The fourth-order valence-electron chi connectivity index (χ4n) is 1.93. The quantitative estimate of drug-likeness (QED) is 0.453. The van der Waals surface area contributed by atoms with Gasteiger partial charge in [-0.1, -0.05) is 0 Å². The number of ether oxygens (including phenoxy) is 1. The van der Waals surface area contributed by atoms with E-state index in [9.17, 15) is 30.1 Å². The van der Waals surface area contributed by atoms with Crippen molar-refractivity contribution in [3.63, 3.8) is 0 Å². The molecule has 0 fully saturated rings. The minimum absolute atomic E-state index is 0.116. The standard InChI is InChI=1S/C15H12N4O7/c1-26-13-2-3-14(20)10(6-13)8-16-17-15(21)9-4-11(18(22)23)7-12(5-9)19(24)25/h2-8,20H,1H3,(H,17,21)/b16-8-. The third kappa shape index (κ3) is 4.29. The van der Waals surface area contributed by atoms with Gasteiger partial charge in [-0.3, -0.25) is 25.0 Å². The molecule has 11 heteroatoms. The summed E-state index contributed by atoms with van der Waals surface area (Å²) in [4.78, 5) is 32.0. The first-order valence-electron chi connectivity index (χ1n) is 6.96. The number of methoxy groups -OCH3 is 1. The minimum Gasteiger partial charge on any atom is -0.507 e. The van der Waals surface area contributed by atoms with Crippen LogP contribution in [0.1, 0.15) is 15.9 Å². The summed E-state index contributed by atoms with van der Waals surface area (Å²) in [6, 6.07) is 6.87. The van der Waals surface area contributed by atoms with E-state index in [1.54, 1.807) is 0 Å². The van der Waals surface area contributed by atoms with Crippen LogP contribution < -0.4 is 10.2 Å². The van der Waals surface area contributed by atoms with E-state index in [1.165, 1.54) is 25.3 Å². The van der Waals surface area contributed by atoms with E-state index in [0.717, 1.165) is 24.4 Å². The minimum atomic E-state index is -0.893. The number of hydrogen-bond acceptors (Lipinski definition) is 8. The highest BCUT2D eigenvalue weighted by Crippen LogP contribution is 2.23. The number of nitrogens with zero attached hydrogens (tertiary/aromatic N) is 3. The van der Waals surface area contributed by atoms with Crippen LogP contribution in [-0.2, 0) is 0 Å². The first kappa shape index (κ1) is 18.3. The number of nitro benzene ring substituents is 2. The van der Waals surface area contributed by atoms with Gasteiger partial charge in [0.25, 0.3) is 17.3 Å². The molecular formula is C15H12N4O7. The second-order valence-corrected chi connectivity index (χ2v) is 4.88. The third-order valence-corrected chi connectivity index (χ3v) is 3.19. The molecule has 134 valence electrons. The number of benzene rings is 2. The van der Waals surface area contributed by atoms with Crippen LogP contribution in [0.3, 0.4) is 0 Å². The van der Waals surface area contributed by atoms with Gasteiger partial charge < -0.3 is 9.84 Å². The van der Waals surface area contributed by atoms with E-state index < -0.39 is 27.1 Å². The number of rotatable bonds is 6. The van der Waals surface area contributed by atoms with Crippen molar-refractivity contribution < 1.29 is 24.5 Å². The average Bonchev–Trinajstić information content (AvgIpc) is 2.62. The smallest absolute Gasteiger partial charge is 0.277 e. The Morgan fingerprint density at radius 1 is 1.15 bits per heavy atom. The van der Waals surface area contributed by atoms with E-state index in [2.05, 4.69) is 10.5 Å². The molecule has 0 aliphatic carbocycles. The number of hydrogen-bond donors (Lipinski definition) is 2. The molecule has 0 unspecified atom stereocenters. The van der Waals surface area contributed by atoms with Gasteiger partial charge >= 0.3 is 0 Å². The molecule has 0 saturated carbocycles. The maximum absolute atomic E-state index is 12.0. The molecule has 0 aliphatic rings. The molecule has 0 saturated heterocycles. The molecule has 1 amide bonds. The highest BCUT2D eigenvalue weighted by molar-refractivity contribution is 5.96. The second kappa shape index (κ2) is 7.70. The maximum atomic E-state index is 12.0. The predicted molar refractivity (Wildman–Crippen MR) is 89.5 cm³/mol.